The van der Waals surface area contributed by atoms with Crippen molar-refractivity contribution in [3.05, 3.63) is 47.5 Å². The SMILES string of the molecule is C=C(C#N)c1csc(-c2c(F)cccc2F)n1. The van der Waals surface area contributed by atoms with Crippen LogP contribution in [0.2, 0.25) is 0 Å². The van der Waals surface area contributed by atoms with E-state index < -0.39 is 11.6 Å². The second-order valence-electron chi connectivity index (χ2n) is 3.22. The molecule has 17 heavy (non-hydrogen) atoms. The molecule has 0 amide bonds. The molecule has 0 aliphatic rings. The summed E-state index contributed by atoms with van der Waals surface area (Å²) in [5.74, 6) is -1.35. The summed E-state index contributed by atoms with van der Waals surface area (Å²) in [7, 11) is 0. The first-order chi connectivity index (χ1) is 8.13. The van der Waals surface area contributed by atoms with E-state index in [1.54, 1.807) is 5.38 Å². The maximum atomic E-state index is 13.5. The molecule has 0 aliphatic carbocycles. The summed E-state index contributed by atoms with van der Waals surface area (Å²) in [5.41, 5.74) is 0.342. The third-order valence-electron chi connectivity index (χ3n) is 2.12. The number of aromatic nitrogens is 1. The van der Waals surface area contributed by atoms with Crippen molar-refractivity contribution in [2.24, 2.45) is 0 Å². The Hall–Kier alpha value is -2.06. The van der Waals surface area contributed by atoms with Gasteiger partial charge in [0.05, 0.1) is 16.8 Å². The summed E-state index contributed by atoms with van der Waals surface area (Å²) >= 11 is 1.07. The van der Waals surface area contributed by atoms with E-state index in [1.807, 2.05) is 6.07 Å². The Labute approximate surface area is 100 Å². The van der Waals surface area contributed by atoms with Gasteiger partial charge in [0.2, 0.25) is 0 Å². The van der Waals surface area contributed by atoms with Crippen molar-refractivity contribution < 1.29 is 8.78 Å². The molecule has 0 bridgehead atoms. The van der Waals surface area contributed by atoms with Crippen LogP contribution in [0.15, 0.2) is 30.2 Å². The van der Waals surface area contributed by atoms with E-state index in [1.165, 1.54) is 18.2 Å². The third kappa shape index (κ3) is 2.08. The molecule has 0 atom stereocenters. The summed E-state index contributed by atoms with van der Waals surface area (Å²) < 4.78 is 26.9. The van der Waals surface area contributed by atoms with Crippen LogP contribution in [0.3, 0.4) is 0 Å². The molecule has 0 spiro atoms. The Kier molecular flexibility index (Phi) is 2.98. The molecule has 0 unspecified atom stereocenters. The number of benzene rings is 1. The van der Waals surface area contributed by atoms with Crippen LogP contribution in [0.1, 0.15) is 5.69 Å². The molecule has 2 nitrogen and oxygen atoms in total. The monoisotopic (exact) mass is 248 g/mol. The predicted octanol–water partition coefficient (Wildman–Crippen LogP) is 3.63. The number of halogens is 2. The van der Waals surface area contributed by atoms with Gasteiger partial charge in [0.15, 0.2) is 0 Å². The molecule has 0 aliphatic heterocycles. The van der Waals surface area contributed by atoms with Crippen LogP contribution in [0.25, 0.3) is 16.1 Å². The van der Waals surface area contributed by atoms with Crippen molar-refractivity contribution in [3.63, 3.8) is 0 Å². The molecule has 2 rings (SSSR count). The first-order valence-electron chi connectivity index (χ1n) is 4.62. The highest BCUT2D eigenvalue weighted by molar-refractivity contribution is 7.13. The topological polar surface area (TPSA) is 36.7 Å². The van der Waals surface area contributed by atoms with Crippen molar-refractivity contribution in [2.75, 3.05) is 0 Å². The summed E-state index contributed by atoms with van der Waals surface area (Å²) in [6.45, 7) is 3.49. The second kappa shape index (κ2) is 4.44. The van der Waals surface area contributed by atoms with E-state index in [0.29, 0.717) is 5.69 Å². The van der Waals surface area contributed by atoms with Gasteiger partial charge < -0.3 is 0 Å². The van der Waals surface area contributed by atoms with Crippen LogP contribution < -0.4 is 0 Å². The molecular weight excluding hydrogens is 242 g/mol. The fourth-order valence-electron chi connectivity index (χ4n) is 1.29. The molecule has 0 N–H and O–H groups in total. The van der Waals surface area contributed by atoms with E-state index in [0.717, 1.165) is 11.3 Å². The van der Waals surface area contributed by atoms with Crippen LogP contribution in [0, 0.1) is 23.0 Å². The molecule has 0 saturated carbocycles. The van der Waals surface area contributed by atoms with Crippen molar-refractivity contribution in [2.45, 2.75) is 0 Å². The molecule has 0 saturated heterocycles. The smallest absolute Gasteiger partial charge is 0.136 e. The average molecular weight is 248 g/mol. The number of thiazole rings is 1. The average Bonchev–Trinajstić information content (AvgIpc) is 2.77. The first-order valence-corrected chi connectivity index (χ1v) is 5.50. The Balaban J connectivity index is 2.52. The van der Waals surface area contributed by atoms with Crippen LogP contribution in [0.5, 0.6) is 0 Å². The van der Waals surface area contributed by atoms with Gasteiger partial charge in [0.25, 0.3) is 0 Å². The van der Waals surface area contributed by atoms with Gasteiger partial charge in [0.1, 0.15) is 22.7 Å². The first kappa shape index (κ1) is 11.4. The largest absolute Gasteiger partial charge is 0.235 e. The normalized spacial score (nSPS) is 9.94. The van der Waals surface area contributed by atoms with Crippen LogP contribution in [-0.2, 0) is 0 Å². The standard InChI is InChI=1S/C12H6F2N2S/c1-7(5-15)10-6-17-12(16-10)11-8(13)3-2-4-9(11)14/h2-4,6H,1H2. The molecule has 2 aromatic rings. The van der Waals surface area contributed by atoms with Crippen molar-refractivity contribution >= 4 is 16.9 Å². The van der Waals surface area contributed by atoms with Crippen molar-refractivity contribution in [1.82, 2.24) is 4.98 Å². The van der Waals surface area contributed by atoms with E-state index in [-0.39, 0.29) is 16.1 Å². The minimum Gasteiger partial charge on any atom is -0.235 e. The van der Waals surface area contributed by atoms with Gasteiger partial charge in [-0.05, 0) is 12.1 Å². The zero-order chi connectivity index (χ0) is 12.4. The quantitative estimate of drug-likeness (QED) is 0.761. The molecule has 1 aromatic carbocycles. The Bertz CT molecular complexity index is 605. The zero-order valence-electron chi connectivity index (χ0n) is 8.58. The molecule has 84 valence electrons. The Morgan fingerprint density at radius 2 is 2.00 bits per heavy atom. The Morgan fingerprint density at radius 1 is 1.35 bits per heavy atom. The van der Waals surface area contributed by atoms with Crippen molar-refractivity contribution in [1.29, 1.82) is 5.26 Å². The maximum Gasteiger partial charge on any atom is 0.136 e. The number of rotatable bonds is 2. The van der Waals surface area contributed by atoms with E-state index in [4.69, 9.17) is 5.26 Å². The van der Waals surface area contributed by atoms with E-state index in [9.17, 15) is 8.78 Å². The van der Waals surface area contributed by atoms with E-state index in [2.05, 4.69) is 11.6 Å². The Morgan fingerprint density at radius 3 is 2.59 bits per heavy atom. The fourth-order valence-corrected chi connectivity index (χ4v) is 2.17. The molecular formula is C12H6F2N2S. The van der Waals surface area contributed by atoms with Gasteiger partial charge in [0, 0.05) is 5.38 Å². The number of hydrogen-bond donors (Lipinski definition) is 0. The number of hydrogen-bond acceptors (Lipinski definition) is 3. The van der Waals surface area contributed by atoms with Gasteiger partial charge in [-0.3, -0.25) is 0 Å². The van der Waals surface area contributed by atoms with E-state index >= 15 is 0 Å². The summed E-state index contributed by atoms with van der Waals surface area (Å²) in [5, 5.41) is 10.4. The lowest BCUT2D eigenvalue weighted by Crippen LogP contribution is -1.89. The molecule has 0 radical (unpaired) electrons. The summed E-state index contributed by atoms with van der Waals surface area (Å²) in [4.78, 5) is 3.99. The third-order valence-corrected chi connectivity index (χ3v) is 2.98. The van der Waals surface area contributed by atoms with Crippen LogP contribution in [0.4, 0.5) is 8.78 Å². The highest BCUT2D eigenvalue weighted by Gasteiger charge is 2.15. The summed E-state index contributed by atoms with van der Waals surface area (Å²) in [6.07, 6.45) is 0. The minimum atomic E-state index is -0.673. The molecule has 1 aromatic heterocycles. The lowest BCUT2D eigenvalue weighted by Gasteiger charge is -1.99. The second-order valence-corrected chi connectivity index (χ2v) is 4.08. The molecule has 1 heterocycles. The van der Waals surface area contributed by atoms with Crippen LogP contribution >= 0.6 is 11.3 Å². The predicted molar refractivity (Wildman–Crippen MR) is 62.1 cm³/mol. The highest BCUT2D eigenvalue weighted by atomic mass is 32.1. The van der Waals surface area contributed by atoms with Gasteiger partial charge in [-0.1, -0.05) is 12.6 Å². The van der Waals surface area contributed by atoms with Gasteiger partial charge in [-0.2, -0.15) is 5.26 Å². The fraction of sp³-hybridized carbons (Fsp3) is 0. The number of nitriles is 1. The molecule has 0 fully saturated rings. The lowest BCUT2D eigenvalue weighted by molar-refractivity contribution is 0.589. The van der Waals surface area contributed by atoms with Gasteiger partial charge in [-0.25, -0.2) is 13.8 Å². The van der Waals surface area contributed by atoms with Gasteiger partial charge >= 0.3 is 0 Å². The van der Waals surface area contributed by atoms with Crippen molar-refractivity contribution in [3.8, 4) is 16.6 Å². The maximum absolute atomic E-state index is 13.5. The van der Waals surface area contributed by atoms with Crippen LogP contribution in [-0.4, -0.2) is 4.98 Å². The zero-order valence-corrected chi connectivity index (χ0v) is 9.39. The molecule has 5 heteroatoms. The summed E-state index contributed by atoms with van der Waals surface area (Å²) in [6, 6.07) is 5.46. The number of nitrogens with zero attached hydrogens (tertiary/aromatic N) is 2. The minimum absolute atomic E-state index is 0.171. The van der Waals surface area contributed by atoms with Gasteiger partial charge in [-0.15, -0.1) is 11.3 Å². The number of allylic oxidation sites excluding steroid dienone is 1. The highest BCUT2D eigenvalue weighted by Crippen LogP contribution is 2.30. The lowest BCUT2D eigenvalue weighted by atomic mass is 10.2.